The Morgan fingerprint density at radius 1 is 1.57 bits per heavy atom. The van der Waals surface area contributed by atoms with E-state index in [9.17, 15) is 0 Å². The second-order valence-corrected chi connectivity index (χ2v) is 3.97. The first-order valence-electron chi connectivity index (χ1n) is 4.38. The predicted molar refractivity (Wildman–Crippen MR) is 57.9 cm³/mol. The maximum atomic E-state index is 5.66. The molecule has 5 heteroatoms. The molecule has 0 fully saturated rings. The largest absolute Gasteiger partial charge is 0.382 e. The normalized spacial score (nSPS) is 13.1. The average Bonchev–Trinajstić information content (AvgIpc) is 2.66. The number of methoxy groups -OCH3 is 1. The number of halogens is 1. The van der Waals surface area contributed by atoms with Crippen molar-refractivity contribution in [1.82, 2.24) is 4.98 Å². The van der Waals surface area contributed by atoms with Gasteiger partial charge in [-0.1, -0.05) is 0 Å². The van der Waals surface area contributed by atoms with Crippen LogP contribution in [-0.2, 0) is 15.4 Å². The van der Waals surface area contributed by atoms with Crippen LogP contribution < -0.4 is 0 Å². The molecule has 3 nitrogen and oxygen atoms in total. The van der Waals surface area contributed by atoms with Crippen LogP contribution in [0, 0.1) is 0 Å². The molecule has 1 aromatic heterocycles. The summed E-state index contributed by atoms with van der Waals surface area (Å²) in [4.78, 5) is 4.33. The number of alkyl halides is 1. The molecule has 1 rings (SSSR count). The molecule has 1 aromatic rings. The Morgan fingerprint density at radius 2 is 2.36 bits per heavy atom. The summed E-state index contributed by atoms with van der Waals surface area (Å²) in [5, 5.41) is 2.93. The Hall–Kier alpha value is -0.160. The summed E-state index contributed by atoms with van der Waals surface area (Å²) in [5.41, 5.74) is 0.911. The summed E-state index contributed by atoms with van der Waals surface area (Å²) < 4.78 is 10.4. The van der Waals surface area contributed by atoms with E-state index in [4.69, 9.17) is 21.1 Å². The summed E-state index contributed by atoms with van der Waals surface area (Å²) >= 11 is 7.23. The number of thiazole rings is 1. The van der Waals surface area contributed by atoms with Crippen molar-refractivity contribution in [3.63, 3.8) is 0 Å². The highest BCUT2D eigenvalue weighted by atomic mass is 35.5. The van der Waals surface area contributed by atoms with Crippen molar-refractivity contribution >= 4 is 22.9 Å². The molecule has 0 saturated heterocycles. The van der Waals surface area contributed by atoms with Gasteiger partial charge in [0.1, 0.15) is 11.1 Å². The Labute approximate surface area is 93.0 Å². The van der Waals surface area contributed by atoms with Gasteiger partial charge in [0, 0.05) is 12.5 Å². The summed E-state index contributed by atoms with van der Waals surface area (Å²) in [7, 11) is 1.66. The SMILES string of the molecule is COCCOC(C)c1nc(CCl)cs1. The third-order valence-electron chi connectivity index (χ3n) is 1.71. The minimum atomic E-state index is 0.0205. The second-order valence-electron chi connectivity index (χ2n) is 2.82. The van der Waals surface area contributed by atoms with E-state index in [1.165, 1.54) is 0 Å². The molecule has 1 heterocycles. The summed E-state index contributed by atoms with van der Waals surface area (Å²) in [5.74, 6) is 0.460. The molecule has 0 aliphatic rings. The third-order valence-corrected chi connectivity index (χ3v) is 3.04. The van der Waals surface area contributed by atoms with Crippen molar-refractivity contribution < 1.29 is 9.47 Å². The molecule has 0 spiro atoms. The number of hydrogen-bond acceptors (Lipinski definition) is 4. The second kappa shape index (κ2) is 6.35. The lowest BCUT2D eigenvalue weighted by atomic mass is 10.4. The fraction of sp³-hybridized carbons (Fsp3) is 0.667. The number of aromatic nitrogens is 1. The molecular formula is C9H14ClNO2S. The Bertz CT molecular complexity index is 267. The summed E-state index contributed by atoms with van der Waals surface area (Å²) in [6.07, 6.45) is 0.0205. The van der Waals surface area contributed by atoms with E-state index in [1.54, 1.807) is 18.4 Å². The van der Waals surface area contributed by atoms with E-state index in [-0.39, 0.29) is 6.10 Å². The summed E-state index contributed by atoms with van der Waals surface area (Å²) in [6.45, 7) is 3.18. The molecular weight excluding hydrogens is 222 g/mol. The van der Waals surface area contributed by atoms with E-state index < -0.39 is 0 Å². The van der Waals surface area contributed by atoms with Crippen LogP contribution in [0.3, 0.4) is 0 Å². The van der Waals surface area contributed by atoms with Crippen LogP contribution in [0.15, 0.2) is 5.38 Å². The van der Waals surface area contributed by atoms with Gasteiger partial charge < -0.3 is 9.47 Å². The van der Waals surface area contributed by atoms with Gasteiger partial charge in [-0.05, 0) is 6.92 Å². The topological polar surface area (TPSA) is 31.4 Å². The molecule has 0 saturated carbocycles. The fourth-order valence-corrected chi connectivity index (χ4v) is 2.00. The fourth-order valence-electron chi connectivity index (χ4n) is 0.950. The first-order valence-corrected chi connectivity index (χ1v) is 5.80. The van der Waals surface area contributed by atoms with Crippen molar-refractivity contribution in [2.24, 2.45) is 0 Å². The van der Waals surface area contributed by atoms with E-state index in [0.29, 0.717) is 19.1 Å². The molecule has 0 bridgehead atoms. The first-order chi connectivity index (χ1) is 6.77. The minimum absolute atomic E-state index is 0.0205. The zero-order valence-corrected chi connectivity index (χ0v) is 9.90. The number of rotatable bonds is 6. The van der Waals surface area contributed by atoms with Gasteiger partial charge in [-0.25, -0.2) is 4.98 Å². The van der Waals surface area contributed by atoms with Gasteiger partial charge >= 0.3 is 0 Å². The molecule has 0 radical (unpaired) electrons. The van der Waals surface area contributed by atoms with Crippen LogP contribution in [0.25, 0.3) is 0 Å². The smallest absolute Gasteiger partial charge is 0.122 e. The zero-order chi connectivity index (χ0) is 10.4. The lowest BCUT2D eigenvalue weighted by Crippen LogP contribution is -2.05. The number of nitrogens with zero attached hydrogens (tertiary/aromatic N) is 1. The molecule has 14 heavy (non-hydrogen) atoms. The Balaban J connectivity index is 2.39. The highest BCUT2D eigenvalue weighted by molar-refractivity contribution is 7.09. The average molecular weight is 236 g/mol. The standard InChI is InChI=1S/C9H14ClNO2S/c1-7(13-4-3-12-2)9-11-8(5-10)6-14-9/h6-7H,3-5H2,1-2H3. The highest BCUT2D eigenvalue weighted by Gasteiger charge is 2.10. The lowest BCUT2D eigenvalue weighted by Gasteiger charge is -2.09. The van der Waals surface area contributed by atoms with Crippen LogP contribution in [0.1, 0.15) is 23.7 Å². The zero-order valence-electron chi connectivity index (χ0n) is 8.33. The maximum absolute atomic E-state index is 5.66. The van der Waals surface area contributed by atoms with Gasteiger partial charge in [0.15, 0.2) is 0 Å². The molecule has 1 atom stereocenters. The van der Waals surface area contributed by atoms with Gasteiger partial charge in [0.2, 0.25) is 0 Å². The van der Waals surface area contributed by atoms with Crippen molar-refractivity contribution in [3.05, 3.63) is 16.1 Å². The van der Waals surface area contributed by atoms with E-state index in [2.05, 4.69) is 4.98 Å². The quantitative estimate of drug-likeness (QED) is 0.561. The van der Waals surface area contributed by atoms with Crippen molar-refractivity contribution in [2.45, 2.75) is 18.9 Å². The van der Waals surface area contributed by atoms with Gasteiger partial charge in [0.05, 0.1) is 24.8 Å². The molecule has 0 aliphatic carbocycles. The van der Waals surface area contributed by atoms with Crippen LogP contribution in [0.4, 0.5) is 0 Å². The van der Waals surface area contributed by atoms with Crippen LogP contribution >= 0.6 is 22.9 Å². The van der Waals surface area contributed by atoms with Gasteiger partial charge in [0.25, 0.3) is 0 Å². The van der Waals surface area contributed by atoms with E-state index in [1.807, 2.05) is 12.3 Å². The third kappa shape index (κ3) is 3.53. The van der Waals surface area contributed by atoms with Crippen LogP contribution in [0.2, 0.25) is 0 Å². The monoisotopic (exact) mass is 235 g/mol. The van der Waals surface area contributed by atoms with Crippen molar-refractivity contribution in [2.75, 3.05) is 20.3 Å². The predicted octanol–water partition coefficient (Wildman–Crippen LogP) is 2.61. The van der Waals surface area contributed by atoms with Crippen LogP contribution in [-0.4, -0.2) is 25.3 Å². The molecule has 0 aromatic carbocycles. The maximum Gasteiger partial charge on any atom is 0.122 e. The van der Waals surface area contributed by atoms with Gasteiger partial charge in [-0.3, -0.25) is 0 Å². The summed E-state index contributed by atoms with van der Waals surface area (Å²) in [6, 6.07) is 0. The molecule has 80 valence electrons. The van der Waals surface area contributed by atoms with E-state index in [0.717, 1.165) is 10.7 Å². The van der Waals surface area contributed by atoms with Crippen molar-refractivity contribution in [1.29, 1.82) is 0 Å². The molecule has 1 unspecified atom stereocenters. The van der Waals surface area contributed by atoms with E-state index >= 15 is 0 Å². The van der Waals surface area contributed by atoms with Crippen molar-refractivity contribution in [3.8, 4) is 0 Å². The number of hydrogen-bond donors (Lipinski definition) is 0. The molecule has 0 aliphatic heterocycles. The van der Waals surface area contributed by atoms with Gasteiger partial charge in [-0.15, -0.1) is 22.9 Å². The lowest BCUT2D eigenvalue weighted by molar-refractivity contribution is 0.0254. The molecule has 0 amide bonds. The number of ether oxygens (including phenoxy) is 2. The Kier molecular flexibility index (Phi) is 5.40. The Morgan fingerprint density at radius 3 is 2.93 bits per heavy atom. The molecule has 0 N–H and O–H groups in total. The highest BCUT2D eigenvalue weighted by Crippen LogP contribution is 2.21. The first kappa shape index (κ1) is 11.9. The van der Waals surface area contributed by atoms with Crippen LogP contribution in [0.5, 0.6) is 0 Å². The minimum Gasteiger partial charge on any atom is -0.382 e. The van der Waals surface area contributed by atoms with Gasteiger partial charge in [-0.2, -0.15) is 0 Å².